The normalized spacial score (nSPS) is 19.8. The molecule has 0 bridgehead atoms. The molecule has 162 valence electrons. The summed E-state index contributed by atoms with van der Waals surface area (Å²) in [5, 5.41) is 11.2. The second-order valence-corrected chi connectivity index (χ2v) is 8.56. The molecule has 6 heteroatoms. The van der Waals surface area contributed by atoms with Gasteiger partial charge in [0.15, 0.2) is 11.6 Å². The van der Waals surface area contributed by atoms with Crippen molar-refractivity contribution in [3.63, 3.8) is 0 Å². The van der Waals surface area contributed by atoms with E-state index < -0.39 is 10.8 Å². The van der Waals surface area contributed by atoms with Crippen LogP contribution in [0.15, 0.2) is 65.4 Å². The Kier molecular flexibility index (Phi) is 5.00. The van der Waals surface area contributed by atoms with Crippen molar-refractivity contribution in [2.75, 3.05) is 6.54 Å². The fourth-order valence-corrected chi connectivity index (χ4v) is 5.26. The van der Waals surface area contributed by atoms with Gasteiger partial charge < -0.3 is 4.90 Å². The molecule has 0 unspecified atom stereocenters. The summed E-state index contributed by atoms with van der Waals surface area (Å²) in [6, 6.07) is 13.9. The number of unbranched alkanes of at least 4 members (excludes halogenated alkanes) is 1. The minimum Gasteiger partial charge on any atom is -0.344 e. The Morgan fingerprint density at radius 3 is 2.41 bits per heavy atom. The van der Waals surface area contributed by atoms with Crippen molar-refractivity contribution in [2.24, 2.45) is 0 Å². The number of fused-ring (bicyclic) bond motifs is 2. The Balaban J connectivity index is 1.75. The van der Waals surface area contributed by atoms with Gasteiger partial charge >= 0.3 is 0 Å². The highest BCUT2D eigenvalue weighted by atomic mass is 16.6. The van der Waals surface area contributed by atoms with Gasteiger partial charge in [-0.15, -0.1) is 0 Å². The van der Waals surface area contributed by atoms with Crippen molar-refractivity contribution in [3.05, 3.63) is 92.2 Å². The fraction of sp³-hybridized carbons (Fsp3) is 0.308. The van der Waals surface area contributed by atoms with Crippen molar-refractivity contribution >= 4 is 23.0 Å². The SMILES string of the molecule is CCCCN1C2=C(C(=O)CCC2)[C@H](c2ccc([N+](=O)[O-])cc2)C2=C1c1ccccc1C2=O. The smallest absolute Gasteiger partial charge is 0.269 e. The second-order valence-electron chi connectivity index (χ2n) is 8.56. The molecule has 2 aliphatic carbocycles. The Hall–Kier alpha value is -3.54. The number of non-ortho nitro benzene ring substituents is 1. The third-order valence-corrected chi connectivity index (χ3v) is 6.70. The molecule has 0 aromatic heterocycles. The molecule has 3 aliphatic rings. The molecule has 0 radical (unpaired) electrons. The number of hydrogen-bond donors (Lipinski definition) is 0. The molecule has 5 rings (SSSR count). The molecule has 0 amide bonds. The predicted octanol–water partition coefficient (Wildman–Crippen LogP) is 5.41. The lowest BCUT2D eigenvalue weighted by Crippen LogP contribution is -2.35. The van der Waals surface area contributed by atoms with Gasteiger partial charge in [-0.05, 0) is 24.8 Å². The molecule has 2 aromatic carbocycles. The molecule has 2 aromatic rings. The van der Waals surface area contributed by atoms with Crippen molar-refractivity contribution in [2.45, 2.75) is 44.9 Å². The van der Waals surface area contributed by atoms with Crippen LogP contribution in [0, 0.1) is 10.1 Å². The highest BCUT2D eigenvalue weighted by molar-refractivity contribution is 6.23. The summed E-state index contributed by atoms with van der Waals surface area (Å²) in [5.74, 6) is -0.469. The Morgan fingerprint density at radius 1 is 1.00 bits per heavy atom. The molecule has 1 heterocycles. The van der Waals surface area contributed by atoms with E-state index in [1.165, 1.54) is 12.1 Å². The average Bonchev–Trinajstić information content (AvgIpc) is 3.10. The van der Waals surface area contributed by atoms with E-state index >= 15 is 0 Å². The van der Waals surface area contributed by atoms with Crippen LogP contribution in [0.4, 0.5) is 5.69 Å². The fourth-order valence-electron chi connectivity index (χ4n) is 5.26. The van der Waals surface area contributed by atoms with E-state index in [2.05, 4.69) is 11.8 Å². The monoisotopic (exact) mass is 428 g/mol. The third kappa shape index (κ3) is 3.01. The van der Waals surface area contributed by atoms with Gasteiger partial charge in [0, 0.05) is 59.0 Å². The van der Waals surface area contributed by atoms with Crippen molar-refractivity contribution in [1.29, 1.82) is 0 Å². The lowest BCUT2D eigenvalue weighted by Gasteiger charge is -2.40. The number of allylic oxidation sites excluding steroid dienone is 3. The molecule has 6 nitrogen and oxygen atoms in total. The average molecular weight is 428 g/mol. The first kappa shape index (κ1) is 20.4. The van der Waals surface area contributed by atoms with Crippen LogP contribution in [0.1, 0.15) is 66.4 Å². The van der Waals surface area contributed by atoms with E-state index in [4.69, 9.17) is 0 Å². The maximum Gasteiger partial charge on any atom is 0.269 e. The van der Waals surface area contributed by atoms with Gasteiger partial charge in [-0.1, -0.05) is 49.7 Å². The minimum atomic E-state index is -0.494. The van der Waals surface area contributed by atoms with Crippen LogP contribution in [-0.4, -0.2) is 27.9 Å². The predicted molar refractivity (Wildman–Crippen MR) is 121 cm³/mol. The largest absolute Gasteiger partial charge is 0.344 e. The maximum absolute atomic E-state index is 13.7. The van der Waals surface area contributed by atoms with E-state index in [1.807, 2.05) is 24.3 Å². The van der Waals surface area contributed by atoms with Crippen molar-refractivity contribution < 1.29 is 14.5 Å². The number of benzene rings is 2. The molecule has 32 heavy (non-hydrogen) atoms. The van der Waals surface area contributed by atoms with Crippen LogP contribution in [0.25, 0.3) is 5.70 Å². The van der Waals surface area contributed by atoms with Crippen molar-refractivity contribution in [1.82, 2.24) is 4.90 Å². The number of nitrogens with zero attached hydrogens (tertiary/aromatic N) is 2. The lowest BCUT2D eigenvalue weighted by atomic mass is 9.74. The van der Waals surface area contributed by atoms with Gasteiger partial charge in [-0.3, -0.25) is 19.7 Å². The molecule has 0 spiro atoms. The minimum absolute atomic E-state index is 0.00598. The standard InChI is InChI=1S/C26H24N2O4/c1-2-3-15-27-20-9-6-10-21(29)23(20)22(16-11-13-17(14-12-16)28(31)32)24-25(27)18-7-4-5-8-19(18)26(24)30/h4-5,7-8,11-14,22H,2-3,6,9-10,15H2,1H3/t22-/m0/s1. The third-order valence-electron chi connectivity index (χ3n) is 6.70. The summed E-state index contributed by atoms with van der Waals surface area (Å²) in [6.07, 6.45) is 4.03. The zero-order valence-electron chi connectivity index (χ0n) is 18.0. The highest BCUT2D eigenvalue weighted by Crippen LogP contribution is 2.52. The topological polar surface area (TPSA) is 80.5 Å². The van der Waals surface area contributed by atoms with Crippen LogP contribution < -0.4 is 0 Å². The van der Waals surface area contributed by atoms with E-state index in [1.54, 1.807) is 12.1 Å². The van der Waals surface area contributed by atoms with Crippen LogP contribution in [-0.2, 0) is 4.79 Å². The van der Waals surface area contributed by atoms with Crippen LogP contribution >= 0.6 is 0 Å². The number of nitro groups is 1. The highest BCUT2D eigenvalue weighted by Gasteiger charge is 2.46. The number of Topliss-reactive ketones (excluding diaryl/α,β-unsaturated/α-hetero) is 2. The Morgan fingerprint density at radius 2 is 1.72 bits per heavy atom. The Labute approximate surface area is 186 Å². The van der Waals surface area contributed by atoms with Gasteiger partial charge in [0.2, 0.25) is 0 Å². The van der Waals surface area contributed by atoms with E-state index in [0.717, 1.165) is 54.7 Å². The van der Waals surface area contributed by atoms with Crippen molar-refractivity contribution in [3.8, 4) is 0 Å². The first-order chi connectivity index (χ1) is 15.5. The van der Waals surface area contributed by atoms with Crippen LogP contribution in [0.5, 0.6) is 0 Å². The molecular weight excluding hydrogens is 404 g/mol. The maximum atomic E-state index is 13.7. The summed E-state index contributed by atoms with van der Waals surface area (Å²) in [5.41, 5.74) is 5.58. The molecular formula is C26H24N2O4. The zero-order chi connectivity index (χ0) is 22.4. The van der Waals surface area contributed by atoms with E-state index in [0.29, 0.717) is 23.1 Å². The first-order valence-corrected chi connectivity index (χ1v) is 11.2. The van der Waals surface area contributed by atoms with Gasteiger partial charge in [-0.2, -0.15) is 0 Å². The van der Waals surface area contributed by atoms with Gasteiger partial charge in [-0.25, -0.2) is 0 Å². The number of ketones is 2. The summed E-state index contributed by atoms with van der Waals surface area (Å²) in [4.78, 5) is 39.9. The summed E-state index contributed by atoms with van der Waals surface area (Å²) < 4.78 is 0. The molecule has 0 fully saturated rings. The quantitative estimate of drug-likeness (QED) is 0.470. The second kappa shape index (κ2) is 7.86. The summed E-state index contributed by atoms with van der Waals surface area (Å²) >= 11 is 0. The van der Waals surface area contributed by atoms with Crippen LogP contribution in [0.3, 0.4) is 0 Å². The zero-order valence-corrected chi connectivity index (χ0v) is 18.0. The molecule has 0 saturated carbocycles. The first-order valence-electron chi connectivity index (χ1n) is 11.2. The number of rotatable bonds is 5. The lowest BCUT2D eigenvalue weighted by molar-refractivity contribution is -0.384. The number of nitro benzene ring substituents is 1. The Bertz CT molecular complexity index is 1210. The number of hydrogen-bond acceptors (Lipinski definition) is 5. The summed E-state index contributed by atoms with van der Waals surface area (Å²) in [7, 11) is 0. The summed E-state index contributed by atoms with van der Waals surface area (Å²) in [6.45, 7) is 2.89. The molecule has 1 atom stereocenters. The molecule has 0 saturated heterocycles. The molecule has 1 aliphatic heterocycles. The van der Waals surface area contributed by atoms with Gasteiger partial charge in [0.05, 0.1) is 10.6 Å². The van der Waals surface area contributed by atoms with Gasteiger partial charge in [0.1, 0.15) is 0 Å². The van der Waals surface area contributed by atoms with E-state index in [-0.39, 0.29) is 17.3 Å². The molecule has 0 N–H and O–H groups in total. The number of carbonyl (C=O) groups excluding carboxylic acids is 2. The van der Waals surface area contributed by atoms with Crippen LogP contribution in [0.2, 0.25) is 0 Å². The van der Waals surface area contributed by atoms with Gasteiger partial charge in [0.25, 0.3) is 5.69 Å². The van der Waals surface area contributed by atoms with E-state index in [9.17, 15) is 19.7 Å². The number of carbonyl (C=O) groups is 2.